The minimum absolute atomic E-state index is 0.0360. The minimum Gasteiger partial charge on any atom is -0.223 e. The van der Waals surface area contributed by atoms with Gasteiger partial charge in [0.2, 0.25) is 5.28 Å². The standard InChI is InChI=1S/C11H5ClF2N6/c12-10-17-9(6-1-7(13)3-8(14)2-6)18-11(19-10)20-5-15-4-16-20/h1-5H. The summed E-state index contributed by atoms with van der Waals surface area (Å²) in [5.41, 5.74) is 0.146. The third-order valence-electron chi connectivity index (χ3n) is 2.34. The summed E-state index contributed by atoms with van der Waals surface area (Å²) in [7, 11) is 0. The number of benzene rings is 1. The second-order valence-corrected chi connectivity index (χ2v) is 4.06. The van der Waals surface area contributed by atoms with Crippen LogP contribution < -0.4 is 0 Å². The van der Waals surface area contributed by atoms with Crippen LogP contribution in [0.2, 0.25) is 5.28 Å². The average Bonchev–Trinajstić information content (AvgIpc) is 2.90. The highest BCUT2D eigenvalue weighted by atomic mass is 35.5. The molecule has 0 saturated carbocycles. The lowest BCUT2D eigenvalue weighted by Crippen LogP contribution is -2.05. The van der Waals surface area contributed by atoms with Crippen LogP contribution >= 0.6 is 11.6 Å². The van der Waals surface area contributed by atoms with Crippen LogP contribution in [-0.4, -0.2) is 29.7 Å². The van der Waals surface area contributed by atoms with Gasteiger partial charge in [0.25, 0.3) is 5.95 Å². The Labute approximate surface area is 116 Å². The van der Waals surface area contributed by atoms with Gasteiger partial charge in [-0.25, -0.2) is 13.8 Å². The van der Waals surface area contributed by atoms with Crippen LogP contribution in [0.5, 0.6) is 0 Å². The topological polar surface area (TPSA) is 69.4 Å². The molecule has 0 spiro atoms. The lowest BCUT2D eigenvalue weighted by atomic mass is 10.2. The Hall–Kier alpha value is -2.48. The number of halogens is 3. The van der Waals surface area contributed by atoms with E-state index >= 15 is 0 Å². The van der Waals surface area contributed by atoms with E-state index in [0.29, 0.717) is 0 Å². The van der Waals surface area contributed by atoms with E-state index in [1.807, 2.05) is 0 Å². The van der Waals surface area contributed by atoms with Gasteiger partial charge in [-0.1, -0.05) is 0 Å². The highest BCUT2D eigenvalue weighted by Crippen LogP contribution is 2.19. The number of aromatic nitrogens is 6. The molecule has 0 aliphatic heterocycles. The number of hydrogen-bond acceptors (Lipinski definition) is 5. The zero-order valence-electron chi connectivity index (χ0n) is 9.70. The Balaban J connectivity index is 2.14. The lowest BCUT2D eigenvalue weighted by molar-refractivity contribution is 0.584. The van der Waals surface area contributed by atoms with Crippen molar-refractivity contribution in [2.45, 2.75) is 0 Å². The molecule has 3 aromatic rings. The minimum atomic E-state index is -0.737. The Morgan fingerprint density at radius 1 is 1.00 bits per heavy atom. The van der Waals surface area contributed by atoms with Gasteiger partial charge in [0, 0.05) is 11.6 Å². The van der Waals surface area contributed by atoms with Gasteiger partial charge in [-0.3, -0.25) is 0 Å². The molecule has 6 nitrogen and oxygen atoms in total. The molecule has 0 radical (unpaired) electrons. The summed E-state index contributed by atoms with van der Waals surface area (Å²) in [5, 5.41) is 3.72. The molecule has 0 amide bonds. The highest BCUT2D eigenvalue weighted by Gasteiger charge is 2.11. The monoisotopic (exact) mass is 294 g/mol. The van der Waals surface area contributed by atoms with Crippen LogP contribution in [0.1, 0.15) is 0 Å². The molecule has 20 heavy (non-hydrogen) atoms. The molecule has 0 N–H and O–H groups in total. The molecular formula is C11H5ClF2N6. The Bertz CT molecular complexity index is 741. The smallest absolute Gasteiger partial charge is 0.223 e. The van der Waals surface area contributed by atoms with E-state index in [1.165, 1.54) is 17.3 Å². The Morgan fingerprint density at radius 3 is 2.40 bits per heavy atom. The molecule has 3 rings (SSSR count). The third kappa shape index (κ3) is 2.45. The van der Waals surface area contributed by atoms with Crippen LogP contribution in [0.3, 0.4) is 0 Å². The van der Waals surface area contributed by atoms with Gasteiger partial charge in [-0.15, -0.1) is 0 Å². The number of rotatable bonds is 2. The highest BCUT2D eigenvalue weighted by molar-refractivity contribution is 6.28. The summed E-state index contributed by atoms with van der Waals surface area (Å²) < 4.78 is 27.7. The predicted molar refractivity (Wildman–Crippen MR) is 65.1 cm³/mol. The van der Waals surface area contributed by atoms with E-state index in [4.69, 9.17) is 11.6 Å². The van der Waals surface area contributed by atoms with E-state index in [0.717, 1.165) is 18.2 Å². The van der Waals surface area contributed by atoms with Crippen molar-refractivity contribution in [3.05, 3.63) is 47.8 Å². The summed E-state index contributed by atoms with van der Waals surface area (Å²) in [6.07, 6.45) is 2.65. The maximum absolute atomic E-state index is 13.2. The first-order valence-corrected chi connectivity index (χ1v) is 5.73. The summed E-state index contributed by atoms with van der Waals surface area (Å²) in [5.74, 6) is -1.34. The first-order chi connectivity index (χ1) is 9.61. The second-order valence-electron chi connectivity index (χ2n) is 3.73. The quantitative estimate of drug-likeness (QED) is 0.723. The van der Waals surface area contributed by atoms with Crippen molar-refractivity contribution in [3.8, 4) is 17.3 Å². The molecule has 2 heterocycles. The fourth-order valence-electron chi connectivity index (χ4n) is 1.57. The molecule has 0 fully saturated rings. The maximum Gasteiger partial charge on any atom is 0.256 e. The van der Waals surface area contributed by atoms with E-state index in [9.17, 15) is 8.78 Å². The third-order valence-corrected chi connectivity index (χ3v) is 2.51. The molecule has 9 heteroatoms. The second kappa shape index (κ2) is 4.89. The van der Waals surface area contributed by atoms with Crippen LogP contribution in [0, 0.1) is 11.6 Å². The molecule has 0 saturated heterocycles. The van der Waals surface area contributed by atoms with Gasteiger partial charge in [-0.05, 0) is 23.7 Å². The first kappa shape index (κ1) is 12.5. The van der Waals surface area contributed by atoms with Crippen molar-refractivity contribution >= 4 is 11.6 Å². The average molecular weight is 295 g/mol. The summed E-state index contributed by atoms with van der Waals surface area (Å²) in [6.45, 7) is 0. The predicted octanol–water partition coefficient (Wildman–Crippen LogP) is 2.05. The van der Waals surface area contributed by atoms with E-state index in [1.54, 1.807) is 0 Å². The van der Waals surface area contributed by atoms with Crippen molar-refractivity contribution < 1.29 is 8.78 Å². The molecule has 0 atom stereocenters. The summed E-state index contributed by atoms with van der Waals surface area (Å²) in [4.78, 5) is 15.5. The van der Waals surface area contributed by atoms with Crippen LogP contribution in [-0.2, 0) is 0 Å². The van der Waals surface area contributed by atoms with Crippen molar-refractivity contribution in [2.75, 3.05) is 0 Å². The molecule has 100 valence electrons. The number of nitrogens with zero attached hydrogens (tertiary/aromatic N) is 6. The van der Waals surface area contributed by atoms with Crippen LogP contribution in [0.25, 0.3) is 17.3 Å². The van der Waals surface area contributed by atoms with Crippen LogP contribution in [0.15, 0.2) is 30.9 Å². The fourth-order valence-corrected chi connectivity index (χ4v) is 1.72. The number of hydrogen-bond donors (Lipinski definition) is 0. The Morgan fingerprint density at radius 2 is 1.75 bits per heavy atom. The van der Waals surface area contributed by atoms with Crippen molar-refractivity contribution in [3.63, 3.8) is 0 Å². The molecule has 2 aromatic heterocycles. The normalized spacial score (nSPS) is 10.8. The van der Waals surface area contributed by atoms with E-state index < -0.39 is 11.6 Å². The van der Waals surface area contributed by atoms with Crippen molar-refractivity contribution in [1.82, 2.24) is 29.7 Å². The Kier molecular flexibility index (Phi) is 3.07. The van der Waals surface area contributed by atoms with E-state index in [-0.39, 0.29) is 22.6 Å². The van der Waals surface area contributed by atoms with Crippen molar-refractivity contribution in [1.29, 1.82) is 0 Å². The van der Waals surface area contributed by atoms with Crippen LogP contribution in [0.4, 0.5) is 8.78 Å². The first-order valence-electron chi connectivity index (χ1n) is 5.35. The molecule has 0 unspecified atom stereocenters. The molecular weight excluding hydrogens is 290 g/mol. The summed E-state index contributed by atoms with van der Waals surface area (Å²) in [6, 6.07) is 2.95. The van der Waals surface area contributed by atoms with Gasteiger partial charge < -0.3 is 0 Å². The zero-order valence-corrected chi connectivity index (χ0v) is 10.5. The van der Waals surface area contributed by atoms with Gasteiger partial charge in [0.05, 0.1) is 0 Å². The largest absolute Gasteiger partial charge is 0.256 e. The molecule has 1 aromatic carbocycles. The maximum atomic E-state index is 13.2. The SMILES string of the molecule is Fc1cc(F)cc(-c2nc(Cl)nc(-n3cncn3)n2)c1. The molecule has 0 aliphatic rings. The molecule has 0 aliphatic carbocycles. The zero-order chi connectivity index (χ0) is 14.1. The summed E-state index contributed by atoms with van der Waals surface area (Å²) >= 11 is 5.79. The fraction of sp³-hybridized carbons (Fsp3) is 0. The van der Waals surface area contributed by atoms with E-state index in [2.05, 4.69) is 25.0 Å². The van der Waals surface area contributed by atoms with Gasteiger partial charge in [0.1, 0.15) is 24.3 Å². The van der Waals surface area contributed by atoms with Gasteiger partial charge in [0.15, 0.2) is 5.82 Å². The molecule has 0 bridgehead atoms. The lowest BCUT2D eigenvalue weighted by Gasteiger charge is -2.04. The van der Waals surface area contributed by atoms with Crippen molar-refractivity contribution in [2.24, 2.45) is 0 Å². The van der Waals surface area contributed by atoms with Gasteiger partial charge >= 0.3 is 0 Å². The van der Waals surface area contributed by atoms with Gasteiger partial charge in [-0.2, -0.15) is 24.7 Å².